The lowest BCUT2D eigenvalue weighted by Crippen LogP contribution is -2.46. The molecule has 136 valence electrons. The van der Waals surface area contributed by atoms with Crippen LogP contribution < -0.4 is 0 Å². The smallest absolute Gasteiger partial charge is 0.248 e. The first kappa shape index (κ1) is 21.5. The molecule has 0 bridgehead atoms. The van der Waals surface area contributed by atoms with E-state index in [1.54, 1.807) is 0 Å². The van der Waals surface area contributed by atoms with Gasteiger partial charge in [0, 0.05) is 28.2 Å². The molecule has 0 aliphatic carbocycles. The zero-order valence-corrected chi connectivity index (χ0v) is 14.4. The summed E-state index contributed by atoms with van der Waals surface area (Å²) in [5, 5.41) is 8.71. The monoisotopic (exact) mass is 344 g/mol. The number of rotatable bonds is 9. The fraction of sp³-hybridized carbons (Fsp3) is 0.643. The molecule has 0 rings (SSSR count). The molecule has 0 heterocycles. The molecule has 10 nitrogen and oxygen atoms in total. The molecule has 0 saturated heterocycles. The number of aldehydes is 1. The zero-order chi connectivity index (χ0) is 18.9. The molecule has 0 atom stereocenters. The highest BCUT2D eigenvalue weighted by atomic mass is 16.3. The molecule has 1 N–H and O–H groups in total. The average Bonchev–Trinajstić information content (AvgIpc) is 2.53. The number of nitrogens with zero attached hydrogens (tertiary/aromatic N) is 4. The van der Waals surface area contributed by atoms with Gasteiger partial charge in [0.25, 0.3) is 0 Å². The van der Waals surface area contributed by atoms with Gasteiger partial charge in [0.05, 0.1) is 26.2 Å². The number of carbonyl (C=O) groups excluding carboxylic acids is 5. The molecule has 0 aromatic heterocycles. The number of amides is 4. The Balaban J connectivity index is 4.47. The van der Waals surface area contributed by atoms with Crippen molar-refractivity contribution in [3.8, 4) is 0 Å². The standard InChI is InChI=1S/C14H24N4O6/c1-15(5-6-19)11(21)7-16(2)12(22)8-17(3)13(23)9-18(4)14(24)10-20/h6,20H,5,7-10H2,1-4H3. The van der Waals surface area contributed by atoms with Crippen molar-refractivity contribution in [1.29, 1.82) is 0 Å². The summed E-state index contributed by atoms with van der Waals surface area (Å²) in [6.45, 7) is -1.51. The highest BCUT2D eigenvalue weighted by molar-refractivity contribution is 5.90. The van der Waals surface area contributed by atoms with Crippen LogP contribution in [0.3, 0.4) is 0 Å². The van der Waals surface area contributed by atoms with Gasteiger partial charge in [-0.25, -0.2) is 0 Å². The van der Waals surface area contributed by atoms with Crippen LogP contribution in [-0.4, -0.2) is 116 Å². The van der Waals surface area contributed by atoms with Crippen LogP contribution in [0.2, 0.25) is 0 Å². The van der Waals surface area contributed by atoms with E-state index >= 15 is 0 Å². The molecule has 0 spiro atoms. The second-order valence-corrected chi connectivity index (χ2v) is 5.35. The van der Waals surface area contributed by atoms with E-state index in [-0.39, 0.29) is 26.2 Å². The number of hydrogen-bond donors (Lipinski definition) is 1. The molecule has 0 fully saturated rings. The predicted octanol–water partition coefficient (Wildman–Crippen LogP) is -2.99. The van der Waals surface area contributed by atoms with Crippen molar-refractivity contribution >= 4 is 29.9 Å². The lowest BCUT2D eigenvalue weighted by molar-refractivity contribution is -0.144. The van der Waals surface area contributed by atoms with Crippen molar-refractivity contribution in [2.45, 2.75) is 0 Å². The first-order valence-corrected chi connectivity index (χ1v) is 7.14. The lowest BCUT2D eigenvalue weighted by Gasteiger charge is -2.25. The van der Waals surface area contributed by atoms with E-state index in [1.165, 1.54) is 33.1 Å². The first-order chi connectivity index (χ1) is 11.1. The van der Waals surface area contributed by atoms with Crippen LogP contribution in [0.15, 0.2) is 0 Å². The minimum atomic E-state index is -0.703. The van der Waals surface area contributed by atoms with Crippen molar-refractivity contribution in [2.24, 2.45) is 0 Å². The topological polar surface area (TPSA) is 119 Å². The molecule has 0 unspecified atom stereocenters. The summed E-state index contributed by atoms with van der Waals surface area (Å²) in [4.78, 5) is 61.7. The van der Waals surface area contributed by atoms with E-state index in [1.807, 2.05) is 0 Å². The fourth-order valence-electron chi connectivity index (χ4n) is 1.57. The number of carbonyl (C=O) groups is 5. The molecular weight excluding hydrogens is 320 g/mol. The van der Waals surface area contributed by atoms with Gasteiger partial charge in [0.1, 0.15) is 12.9 Å². The molecule has 0 saturated carbocycles. The second-order valence-electron chi connectivity index (χ2n) is 5.35. The number of likely N-dealkylation sites (N-methyl/N-ethyl adjacent to an activating group) is 4. The van der Waals surface area contributed by atoms with Crippen molar-refractivity contribution in [3.05, 3.63) is 0 Å². The Morgan fingerprint density at radius 2 is 1.04 bits per heavy atom. The highest BCUT2D eigenvalue weighted by Crippen LogP contribution is 1.95. The molecule has 0 aromatic rings. The van der Waals surface area contributed by atoms with Gasteiger partial charge < -0.3 is 29.5 Å². The van der Waals surface area contributed by atoms with Crippen LogP contribution >= 0.6 is 0 Å². The molecule has 0 radical (unpaired) electrons. The van der Waals surface area contributed by atoms with Gasteiger partial charge in [-0.15, -0.1) is 0 Å². The predicted molar refractivity (Wildman–Crippen MR) is 83.7 cm³/mol. The third-order valence-corrected chi connectivity index (χ3v) is 3.30. The Bertz CT molecular complexity index is 496. The minimum Gasteiger partial charge on any atom is -0.387 e. The Hall–Kier alpha value is -2.49. The van der Waals surface area contributed by atoms with Crippen LogP contribution in [0.5, 0.6) is 0 Å². The van der Waals surface area contributed by atoms with Gasteiger partial charge in [0.15, 0.2) is 0 Å². The van der Waals surface area contributed by atoms with Crippen LogP contribution in [0.1, 0.15) is 0 Å². The maximum Gasteiger partial charge on any atom is 0.248 e. The quantitative estimate of drug-likeness (QED) is 0.446. The summed E-state index contributed by atoms with van der Waals surface area (Å²) in [5.41, 5.74) is 0. The van der Waals surface area contributed by atoms with E-state index in [2.05, 4.69) is 0 Å². The van der Waals surface area contributed by atoms with Crippen LogP contribution in [-0.2, 0) is 24.0 Å². The van der Waals surface area contributed by atoms with Crippen LogP contribution in [0.4, 0.5) is 0 Å². The van der Waals surface area contributed by atoms with Gasteiger partial charge in [-0.1, -0.05) is 0 Å². The Kier molecular flexibility index (Phi) is 9.25. The molecular formula is C14H24N4O6. The number of aliphatic hydroxyl groups is 1. The summed E-state index contributed by atoms with van der Waals surface area (Å²) >= 11 is 0. The van der Waals surface area contributed by atoms with E-state index < -0.39 is 30.2 Å². The van der Waals surface area contributed by atoms with Crippen LogP contribution in [0.25, 0.3) is 0 Å². The summed E-state index contributed by atoms with van der Waals surface area (Å²) in [7, 11) is 5.61. The Labute approximate surface area is 140 Å². The molecule has 24 heavy (non-hydrogen) atoms. The largest absolute Gasteiger partial charge is 0.387 e. The fourth-order valence-corrected chi connectivity index (χ4v) is 1.57. The van der Waals surface area contributed by atoms with E-state index in [4.69, 9.17) is 5.11 Å². The van der Waals surface area contributed by atoms with E-state index in [0.717, 1.165) is 14.7 Å². The second kappa shape index (κ2) is 10.3. The third kappa shape index (κ3) is 7.18. The normalized spacial score (nSPS) is 9.88. The maximum atomic E-state index is 12.0. The van der Waals surface area contributed by atoms with Gasteiger partial charge in [-0.2, -0.15) is 0 Å². The van der Waals surface area contributed by atoms with Crippen molar-refractivity contribution in [3.63, 3.8) is 0 Å². The molecule has 0 aliphatic rings. The molecule has 10 heteroatoms. The van der Waals surface area contributed by atoms with E-state index in [0.29, 0.717) is 6.29 Å². The van der Waals surface area contributed by atoms with Crippen LogP contribution in [0, 0.1) is 0 Å². The summed E-state index contributed by atoms with van der Waals surface area (Å²) < 4.78 is 0. The lowest BCUT2D eigenvalue weighted by atomic mass is 10.4. The summed E-state index contributed by atoms with van der Waals surface area (Å²) in [6, 6.07) is 0. The maximum absolute atomic E-state index is 12.0. The minimum absolute atomic E-state index is 0.0650. The number of aliphatic hydroxyl groups excluding tert-OH is 1. The van der Waals surface area contributed by atoms with Crippen molar-refractivity contribution in [1.82, 2.24) is 19.6 Å². The third-order valence-electron chi connectivity index (χ3n) is 3.30. The molecule has 0 aliphatic heterocycles. The molecule has 0 aromatic carbocycles. The zero-order valence-electron chi connectivity index (χ0n) is 14.4. The van der Waals surface area contributed by atoms with Crippen molar-refractivity contribution < 1.29 is 29.1 Å². The SMILES string of the molecule is CN(CC=O)C(=O)CN(C)C(=O)CN(C)C(=O)CN(C)C(=O)CO. The first-order valence-electron chi connectivity index (χ1n) is 7.14. The Morgan fingerprint density at radius 3 is 1.38 bits per heavy atom. The summed E-state index contributed by atoms with van der Waals surface area (Å²) in [5.74, 6) is -1.95. The van der Waals surface area contributed by atoms with Gasteiger partial charge in [-0.3, -0.25) is 19.2 Å². The summed E-state index contributed by atoms with van der Waals surface area (Å²) in [6.07, 6.45) is 0.580. The van der Waals surface area contributed by atoms with Crippen molar-refractivity contribution in [2.75, 3.05) is 61.0 Å². The van der Waals surface area contributed by atoms with Gasteiger partial charge in [0.2, 0.25) is 23.6 Å². The number of hydrogen-bond acceptors (Lipinski definition) is 6. The van der Waals surface area contributed by atoms with Gasteiger partial charge in [-0.05, 0) is 0 Å². The highest BCUT2D eigenvalue weighted by Gasteiger charge is 2.21. The molecule has 4 amide bonds. The Morgan fingerprint density at radius 1 is 0.708 bits per heavy atom. The van der Waals surface area contributed by atoms with Gasteiger partial charge >= 0.3 is 0 Å². The average molecular weight is 344 g/mol. The van der Waals surface area contributed by atoms with E-state index in [9.17, 15) is 24.0 Å².